The van der Waals surface area contributed by atoms with Crippen LogP contribution in [0.4, 0.5) is 0 Å². The molecular weight excluding hydrogens is 448 g/mol. The quantitative estimate of drug-likeness (QED) is 0.726. The Morgan fingerprint density at radius 2 is 1.93 bits per heavy atom. The largest absolute Gasteiger partial charge is 0.497 e. The van der Waals surface area contributed by atoms with Crippen molar-refractivity contribution in [1.29, 1.82) is 0 Å². The predicted molar refractivity (Wildman–Crippen MR) is 108 cm³/mol. The lowest BCUT2D eigenvalue weighted by Crippen LogP contribution is -2.31. The Morgan fingerprint density at radius 1 is 1.18 bits per heavy atom. The second kappa shape index (κ2) is 8.10. The summed E-state index contributed by atoms with van der Waals surface area (Å²) in [6.07, 6.45) is 1.59. The number of hydrogen-bond acceptors (Lipinski definition) is 5. The maximum Gasteiger partial charge on any atom is 0.255 e. The molecule has 1 heterocycles. The molecule has 0 radical (unpaired) electrons. The van der Waals surface area contributed by atoms with Crippen LogP contribution in [0, 0.1) is 0 Å². The Hall–Kier alpha value is -2.10. The van der Waals surface area contributed by atoms with Crippen molar-refractivity contribution in [1.82, 2.24) is 4.90 Å². The van der Waals surface area contributed by atoms with E-state index in [0.717, 1.165) is 18.4 Å². The van der Waals surface area contributed by atoms with E-state index in [4.69, 9.17) is 14.6 Å². The molecule has 1 saturated heterocycles. The Morgan fingerprint density at radius 3 is 2.57 bits per heavy atom. The molecule has 0 saturated carbocycles. The van der Waals surface area contributed by atoms with Gasteiger partial charge >= 0.3 is 0 Å². The standard InChI is InChI=1S/C19H21BrN2O5S/c1-26-12-5-8-18(27-2)15(10-12)17-4-3-9-22(17)19(23)14-11-13(28(21,24)25)6-7-16(14)20/h5-8,10-11,17H,3-4,9H2,1-2H3,(H2,21,24,25). The molecule has 0 aliphatic carbocycles. The normalized spacial score (nSPS) is 16.9. The number of nitrogens with two attached hydrogens (primary N) is 1. The van der Waals surface area contributed by atoms with Gasteiger partial charge in [-0.05, 0) is 65.2 Å². The molecule has 1 aliphatic heterocycles. The van der Waals surface area contributed by atoms with Crippen molar-refractivity contribution in [2.75, 3.05) is 20.8 Å². The molecule has 2 aromatic carbocycles. The van der Waals surface area contributed by atoms with E-state index < -0.39 is 10.0 Å². The minimum Gasteiger partial charge on any atom is -0.497 e. The molecule has 0 bridgehead atoms. The van der Waals surface area contributed by atoms with Crippen molar-refractivity contribution in [3.63, 3.8) is 0 Å². The third-order valence-electron chi connectivity index (χ3n) is 4.81. The van der Waals surface area contributed by atoms with Gasteiger partial charge in [-0.15, -0.1) is 0 Å². The van der Waals surface area contributed by atoms with E-state index in [9.17, 15) is 13.2 Å². The number of nitrogens with zero attached hydrogens (tertiary/aromatic N) is 1. The Balaban J connectivity index is 2.01. The van der Waals surface area contributed by atoms with Gasteiger partial charge in [-0.2, -0.15) is 0 Å². The highest BCUT2D eigenvalue weighted by Crippen LogP contribution is 2.40. The number of carbonyl (C=O) groups excluding carboxylic acids is 1. The molecule has 150 valence electrons. The van der Waals surface area contributed by atoms with Gasteiger partial charge in [0.25, 0.3) is 5.91 Å². The fraction of sp³-hybridized carbons (Fsp3) is 0.316. The number of amides is 1. The molecule has 1 unspecified atom stereocenters. The lowest BCUT2D eigenvalue weighted by Gasteiger charge is -2.27. The fourth-order valence-electron chi connectivity index (χ4n) is 3.43. The van der Waals surface area contributed by atoms with Crippen LogP contribution < -0.4 is 14.6 Å². The molecule has 1 fully saturated rings. The zero-order valence-corrected chi connectivity index (χ0v) is 17.9. The van der Waals surface area contributed by atoms with Crippen LogP contribution >= 0.6 is 15.9 Å². The van der Waals surface area contributed by atoms with Crippen LogP contribution in [0.15, 0.2) is 45.8 Å². The molecule has 28 heavy (non-hydrogen) atoms. The van der Waals surface area contributed by atoms with Crippen molar-refractivity contribution in [3.05, 3.63) is 52.0 Å². The van der Waals surface area contributed by atoms with Gasteiger partial charge in [-0.1, -0.05) is 0 Å². The summed E-state index contributed by atoms with van der Waals surface area (Å²) >= 11 is 3.34. The van der Waals surface area contributed by atoms with E-state index in [2.05, 4.69) is 15.9 Å². The molecule has 0 spiro atoms. The van der Waals surface area contributed by atoms with Gasteiger partial charge in [0.2, 0.25) is 10.0 Å². The molecule has 2 aromatic rings. The van der Waals surface area contributed by atoms with Crippen molar-refractivity contribution >= 4 is 31.9 Å². The third kappa shape index (κ3) is 4.01. The van der Waals surface area contributed by atoms with E-state index >= 15 is 0 Å². The zero-order valence-electron chi connectivity index (χ0n) is 15.5. The van der Waals surface area contributed by atoms with E-state index in [-0.39, 0.29) is 22.4 Å². The maximum absolute atomic E-state index is 13.3. The summed E-state index contributed by atoms with van der Waals surface area (Å²) in [6.45, 7) is 0.551. The Bertz CT molecular complexity index is 1010. The zero-order chi connectivity index (χ0) is 20.5. The number of rotatable bonds is 5. The fourth-order valence-corrected chi connectivity index (χ4v) is 4.39. The van der Waals surface area contributed by atoms with E-state index in [0.29, 0.717) is 22.5 Å². The van der Waals surface area contributed by atoms with Crippen molar-refractivity contribution in [2.24, 2.45) is 5.14 Å². The lowest BCUT2D eigenvalue weighted by molar-refractivity contribution is 0.0733. The van der Waals surface area contributed by atoms with Crippen LogP contribution in [0.3, 0.4) is 0 Å². The average molecular weight is 469 g/mol. The van der Waals surface area contributed by atoms with Gasteiger partial charge in [-0.3, -0.25) is 4.79 Å². The van der Waals surface area contributed by atoms with Crippen molar-refractivity contribution < 1.29 is 22.7 Å². The highest BCUT2D eigenvalue weighted by Gasteiger charge is 2.33. The summed E-state index contributed by atoms with van der Waals surface area (Å²) in [7, 11) is -0.748. The predicted octanol–water partition coefficient (Wildman–Crippen LogP) is 3.09. The first-order valence-electron chi connectivity index (χ1n) is 8.61. The van der Waals surface area contributed by atoms with Crippen LogP contribution in [0.1, 0.15) is 34.8 Å². The van der Waals surface area contributed by atoms with Crippen molar-refractivity contribution in [2.45, 2.75) is 23.8 Å². The van der Waals surface area contributed by atoms with Crippen LogP contribution in [-0.2, 0) is 10.0 Å². The number of methoxy groups -OCH3 is 2. The number of hydrogen-bond donors (Lipinski definition) is 1. The highest BCUT2D eigenvalue weighted by atomic mass is 79.9. The molecule has 7 nitrogen and oxygen atoms in total. The van der Waals surface area contributed by atoms with Gasteiger partial charge in [0.15, 0.2) is 0 Å². The number of halogens is 1. The molecule has 2 N–H and O–H groups in total. The molecule has 1 atom stereocenters. The number of benzene rings is 2. The number of sulfonamides is 1. The van der Waals surface area contributed by atoms with Gasteiger partial charge < -0.3 is 14.4 Å². The first-order valence-corrected chi connectivity index (χ1v) is 11.0. The topological polar surface area (TPSA) is 98.9 Å². The van der Waals surface area contributed by atoms with Crippen LogP contribution in [0.25, 0.3) is 0 Å². The second-order valence-corrected chi connectivity index (χ2v) is 8.87. The highest BCUT2D eigenvalue weighted by molar-refractivity contribution is 9.10. The summed E-state index contributed by atoms with van der Waals surface area (Å²) in [5.41, 5.74) is 1.10. The third-order valence-corrected chi connectivity index (χ3v) is 6.41. The average Bonchev–Trinajstić information content (AvgIpc) is 3.16. The molecule has 0 aromatic heterocycles. The first kappa shape index (κ1) is 20.6. The molecular formula is C19H21BrN2O5S. The van der Waals surface area contributed by atoms with Crippen LogP contribution in [0.2, 0.25) is 0 Å². The van der Waals surface area contributed by atoms with E-state index in [1.807, 2.05) is 12.1 Å². The smallest absolute Gasteiger partial charge is 0.255 e. The summed E-state index contributed by atoms with van der Waals surface area (Å²) in [5, 5.41) is 5.22. The first-order chi connectivity index (χ1) is 13.3. The summed E-state index contributed by atoms with van der Waals surface area (Å²) in [4.78, 5) is 14.9. The van der Waals surface area contributed by atoms with Crippen LogP contribution in [0.5, 0.6) is 11.5 Å². The Labute approximate surface area is 172 Å². The van der Waals surface area contributed by atoms with Crippen molar-refractivity contribution in [3.8, 4) is 11.5 Å². The maximum atomic E-state index is 13.3. The number of carbonyl (C=O) groups is 1. The second-order valence-electron chi connectivity index (χ2n) is 6.45. The molecule has 1 aliphatic rings. The van der Waals surface area contributed by atoms with Gasteiger partial charge in [0.05, 0.1) is 30.7 Å². The summed E-state index contributed by atoms with van der Waals surface area (Å²) in [6, 6.07) is 9.46. The van der Waals surface area contributed by atoms with Crippen LogP contribution in [-0.4, -0.2) is 40.0 Å². The van der Waals surface area contributed by atoms with E-state index in [1.54, 1.807) is 25.2 Å². The van der Waals surface area contributed by atoms with E-state index in [1.165, 1.54) is 18.2 Å². The Kier molecular flexibility index (Phi) is 5.97. The van der Waals surface area contributed by atoms with Gasteiger partial charge in [0, 0.05) is 16.6 Å². The number of likely N-dealkylation sites (tertiary alicyclic amines) is 1. The minimum atomic E-state index is -3.91. The number of ether oxygens (including phenoxy) is 2. The summed E-state index contributed by atoms with van der Waals surface area (Å²) in [5.74, 6) is 1.07. The SMILES string of the molecule is COc1ccc(OC)c(C2CCCN2C(=O)c2cc(S(N)(=O)=O)ccc2Br)c1. The molecule has 9 heteroatoms. The van der Waals surface area contributed by atoms with Gasteiger partial charge in [-0.25, -0.2) is 13.6 Å². The molecule has 1 amide bonds. The minimum absolute atomic E-state index is 0.103. The monoisotopic (exact) mass is 468 g/mol. The molecule has 3 rings (SSSR count). The van der Waals surface area contributed by atoms with Gasteiger partial charge in [0.1, 0.15) is 11.5 Å². The lowest BCUT2D eigenvalue weighted by atomic mass is 10.0. The number of primary sulfonamides is 1. The summed E-state index contributed by atoms with van der Waals surface area (Å²) < 4.78 is 34.7.